The van der Waals surface area contributed by atoms with E-state index in [1.54, 1.807) is 4.68 Å². The molecule has 26 heavy (non-hydrogen) atoms. The molecule has 1 aromatic heterocycles. The molecule has 0 bridgehead atoms. The van der Waals surface area contributed by atoms with Crippen molar-refractivity contribution in [3.05, 3.63) is 88.7 Å². The van der Waals surface area contributed by atoms with Gasteiger partial charge in [0.05, 0.1) is 11.6 Å². The Kier molecular flexibility index (Phi) is 5.67. The molecule has 0 radical (unpaired) electrons. The summed E-state index contributed by atoms with van der Waals surface area (Å²) in [5.74, 6) is -0.347. The van der Waals surface area contributed by atoms with E-state index in [1.807, 2.05) is 74.5 Å². The molecule has 3 nitrogen and oxygen atoms in total. The summed E-state index contributed by atoms with van der Waals surface area (Å²) in [6.07, 6.45) is 3.22. The number of aromatic nitrogens is 2. The molecule has 0 saturated carbocycles. The highest BCUT2D eigenvalue weighted by atomic mass is 16.2. The van der Waals surface area contributed by atoms with E-state index in [0.717, 1.165) is 41.8 Å². The molecule has 0 atom stereocenters. The first kappa shape index (κ1) is 18.1. The van der Waals surface area contributed by atoms with Gasteiger partial charge in [-0.05, 0) is 43.4 Å². The fraction of sp³-hybridized carbons (Fsp3) is 0.304. The molecule has 0 unspecified atom stereocenters. The van der Waals surface area contributed by atoms with Crippen molar-refractivity contribution in [2.24, 2.45) is 0 Å². The van der Waals surface area contributed by atoms with Gasteiger partial charge in [-0.3, -0.25) is 4.79 Å². The molecule has 0 spiro atoms. The van der Waals surface area contributed by atoms with Gasteiger partial charge in [0.15, 0.2) is 0 Å². The van der Waals surface area contributed by atoms with E-state index in [0.29, 0.717) is 0 Å². The number of hydrogen-bond donors (Lipinski definition) is 0. The van der Waals surface area contributed by atoms with Crippen molar-refractivity contribution in [3.8, 4) is 0 Å². The normalized spacial score (nSPS) is 11.1. The molecule has 134 valence electrons. The number of carbonyl (C=O) groups is 1. The number of carbonyl (C=O) groups excluding carboxylic acids is 1. The quantitative estimate of drug-likeness (QED) is 0.606. The Morgan fingerprint density at radius 2 is 1.50 bits per heavy atom. The van der Waals surface area contributed by atoms with Crippen LogP contribution in [0.4, 0.5) is 0 Å². The molecule has 0 aliphatic rings. The number of benzene rings is 2. The smallest absolute Gasteiger partial charge is 0.259 e. The van der Waals surface area contributed by atoms with E-state index >= 15 is 0 Å². The first-order valence-electron chi connectivity index (χ1n) is 9.32. The number of aryl methyl sites for hydroxylation is 1. The molecule has 0 aliphatic heterocycles. The van der Waals surface area contributed by atoms with Gasteiger partial charge in [-0.2, -0.15) is 5.10 Å². The zero-order valence-electron chi connectivity index (χ0n) is 15.8. The number of hydrogen-bond acceptors (Lipinski definition) is 2. The maximum absolute atomic E-state index is 13.5. The lowest BCUT2D eigenvalue weighted by atomic mass is 9.90. The molecular weight excluding hydrogens is 320 g/mol. The van der Waals surface area contributed by atoms with Crippen LogP contribution in [0, 0.1) is 13.8 Å². The summed E-state index contributed by atoms with van der Waals surface area (Å²) < 4.78 is 1.62. The molecule has 1 heterocycles. The molecular formula is C23H26N2O. The van der Waals surface area contributed by atoms with Gasteiger partial charge in [-0.15, -0.1) is 0 Å². The lowest BCUT2D eigenvalue weighted by Gasteiger charge is -2.17. The lowest BCUT2D eigenvalue weighted by molar-refractivity contribution is 0.0874. The summed E-state index contributed by atoms with van der Waals surface area (Å²) in [6, 6.07) is 19.9. The zero-order valence-corrected chi connectivity index (χ0v) is 15.8. The first-order chi connectivity index (χ1) is 12.6. The Balaban J connectivity index is 2.04. The van der Waals surface area contributed by atoms with Crippen molar-refractivity contribution >= 4 is 5.91 Å². The van der Waals surface area contributed by atoms with E-state index in [2.05, 4.69) is 12.0 Å². The summed E-state index contributed by atoms with van der Waals surface area (Å²) in [4.78, 5) is 13.5. The maximum Gasteiger partial charge on any atom is 0.259 e. The maximum atomic E-state index is 13.5. The largest absolute Gasteiger partial charge is 0.271 e. The minimum absolute atomic E-state index is 0.00532. The van der Waals surface area contributed by atoms with Gasteiger partial charge in [0.1, 0.15) is 0 Å². The van der Waals surface area contributed by atoms with Crippen LogP contribution in [0.2, 0.25) is 0 Å². The molecule has 0 saturated heterocycles. The summed E-state index contributed by atoms with van der Waals surface area (Å²) >= 11 is 0. The second-order valence-electron chi connectivity index (χ2n) is 6.76. The first-order valence-corrected chi connectivity index (χ1v) is 9.32. The highest BCUT2D eigenvalue weighted by Crippen LogP contribution is 2.28. The predicted molar refractivity (Wildman–Crippen MR) is 106 cm³/mol. The Labute approximate surface area is 155 Å². The summed E-state index contributed by atoms with van der Waals surface area (Å²) in [5, 5.41) is 4.60. The average Bonchev–Trinajstić information content (AvgIpc) is 2.96. The Morgan fingerprint density at radius 1 is 0.962 bits per heavy atom. The lowest BCUT2D eigenvalue weighted by Crippen LogP contribution is -2.23. The third kappa shape index (κ3) is 3.62. The number of unbranched alkanes of at least 4 members (excludes halogenated alkanes) is 1. The van der Waals surface area contributed by atoms with Crippen LogP contribution in [0.1, 0.15) is 58.6 Å². The van der Waals surface area contributed by atoms with Crippen molar-refractivity contribution in [2.45, 2.75) is 46.0 Å². The van der Waals surface area contributed by atoms with Crippen LogP contribution in [0.25, 0.3) is 0 Å². The number of rotatable bonds is 6. The van der Waals surface area contributed by atoms with Crippen LogP contribution in [-0.4, -0.2) is 15.7 Å². The highest BCUT2D eigenvalue weighted by Gasteiger charge is 2.27. The fourth-order valence-corrected chi connectivity index (χ4v) is 3.50. The van der Waals surface area contributed by atoms with E-state index in [9.17, 15) is 4.79 Å². The summed E-state index contributed by atoms with van der Waals surface area (Å²) in [6.45, 7) is 6.19. The monoisotopic (exact) mass is 346 g/mol. The van der Waals surface area contributed by atoms with Crippen LogP contribution < -0.4 is 0 Å². The molecule has 3 aromatic rings. The molecule has 0 aliphatic carbocycles. The molecule has 0 fully saturated rings. The van der Waals surface area contributed by atoms with Crippen LogP contribution in [0.5, 0.6) is 0 Å². The van der Waals surface area contributed by atoms with E-state index in [1.165, 1.54) is 5.56 Å². The minimum Gasteiger partial charge on any atom is -0.271 e. The van der Waals surface area contributed by atoms with Crippen LogP contribution in [-0.2, 0) is 6.42 Å². The van der Waals surface area contributed by atoms with Gasteiger partial charge in [0.25, 0.3) is 5.91 Å². The SMILES string of the molecule is CCCCc1c(C)nn(C(=O)C(c2ccccc2)c2ccccc2)c1C. The van der Waals surface area contributed by atoms with Gasteiger partial charge < -0.3 is 0 Å². The van der Waals surface area contributed by atoms with Crippen molar-refractivity contribution in [1.29, 1.82) is 0 Å². The van der Waals surface area contributed by atoms with Crippen molar-refractivity contribution in [3.63, 3.8) is 0 Å². The molecule has 0 N–H and O–H groups in total. The third-order valence-corrected chi connectivity index (χ3v) is 4.94. The molecule has 2 aromatic carbocycles. The molecule has 3 heteroatoms. The Hall–Kier alpha value is -2.68. The van der Waals surface area contributed by atoms with Gasteiger partial charge in [0, 0.05) is 5.69 Å². The van der Waals surface area contributed by atoms with Crippen molar-refractivity contribution < 1.29 is 4.79 Å². The van der Waals surface area contributed by atoms with Crippen LogP contribution in [0.3, 0.4) is 0 Å². The Bertz CT molecular complexity index is 826. The van der Waals surface area contributed by atoms with Gasteiger partial charge in [-0.1, -0.05) is 74.0 Å². The van der Waals surface area contributed by atoms with Gasteiger partial charge >= 0.3 is 0 Å². The van der Waals surface area contributed by atoms with Crippen molar-refractivity contribution in [1.82, 2.24) is 9.78 Å². The molecule has 3 rings (SSSR count). The molecule has 0 amide bonds. The van der Waals surface area contributed by atoms with E-state index in [4.69, 9.17) is 0 Å². The fourth-order valence-electron chi connectivity index (χ4n) is 3.50. The van der Waals surface area contributed by atoms with Crippen LogP contribution >= 0.6 is 0 Å². The summed E-state index contributed by atoms with van der Waals surface area (Å²) in [7, 11) is 0. The topological polar surface area (TPSA) is 34.9 Å². The standard InChI is InChI=1S/C23H26N2O/c1-4-5-16-21-17(2)24-25(18(21)3)23(26)22(19-12-8-6-9-13-19)20-14-10-7-11-15-20/h6-15,22H,4-5,16H2,1-3H3. The Morgan fingerprint density at radius 3 is 2.00 bits per heavy atom. The number of nitrogens with zero attached hydrogens (tertiary/aromatic N) is 2. The van der Waals surface area contributed by atoms with Gasteiger partial charge in [0.2, 0.25) is 0 Å². The van der Waals surface area contributed by atoms with Crippen LogP contribution in [0.15, 0.2) is 60.7 Å². The zero-order chi connectivity index (χ0) is 18.5. The average molecular weight is 346 g/mol. The minimum atomic E-state index is -0.352. The van der Waals surface area contributed by atoms with Crippen molar-refractivity contribution in [2.75, 3.05) is 0 Å². The van der Waals surface area contributed by atoms with E-state index < -0.39 is 0 Å². The second-order valence-corrected chi connectivity index (χ2v) is 6.76. The predicted octanol–water partition coefficient (Wildman–Crippen LogP) is 5.31. The van der Waals surface area contributed by atoms with E-state index in [-0.39, 0.29) is 11.8 Å². The highest BCUT2D eigenvalue weighted by molar-refractivity contribution is 5.89. The third-order valence-electron chi connectivity index (χ3n) is 4.94. The van der Waals surface area contributed by atoms with Gasteiger partial charge in [-0.25, -0.2) is 4.68 Å². The summed E-state index contributed by atoms with van der Waals surface area (Å²) in [5.41, 5.74) is 5.12. The second kappa shape index (κ2) is 8.13.